The number of halogens is 6. The average molecular weight is 428 g/mol. The Kier molecular flexibility index (Phi) is 9.06. The van der Waals surface area contributed by atoms with Gasteiger partial charge >= 0.3 is 174 Å². The van der Waals surface area contributed by atoms with Crippen LogP contribution in [0.3, 0.4) is 0 Å². The van der Waals surface area contributed by atoms with Crippen LogP contribution in [0.5, 0.6) is 0 Å². The first kappa shape index (κ1) is 19.0. The van der Waals surface area contributed by atoms with Crippen LogP contribution in [0.2, 0.25) is 0 Å². The molecule has 0 unspecified atom stereocenters. The Morgan fingerprint density at radius 1 is 0.556 bits per heavy atom. The van der Waals surface area contributed by atoms with Crippen molar-refractivity contribution in [2.45, 2.75) is 0 Å². The second kappa shape index (κ2) is 4.28. The first-order valence-corrected chi connectivity index (χ1v) is 4.68. The molecule has 0 aromatic rings. The molecule has 0 saturated heterocycles. The quantitative estimate of drug-likeness (QED) is 0.278. The fourth-order valence-electron chi connectivity index (χ4n) is 0. The van der Waals surface area contributed by atoms with Crippen molar-refractivity contribution in [3.63, 3.8) is 0 Å². The summed E-state index contributed by atoms with van der Waals surface area (Å²) in [4.78, 5) is 0. The molecule has 9 heavy (non-hydrogen) atoms. The van der Waals surface area contributed by atoms with Gasteiger partial charge in [0, 0.05) is 0 Å². The van der Waals surface area contributed by atoms with E-state index in [1.165, 1.54) is 0 Å². The van der Waals surface area contributed by atoms with Crippen molar-refractivity contribution in [3.8, 4) is 0 Å². The summed E-state index contributed by atoms with van der Waals surface area (Å²) < 4.78 is 59.5. The van der Waals surface area contributed by atoms with Gasteiger partial charge in [0.1, 0.15) is 0 Å². The maximum absolute atomic E-state index is 11.2. The Morgan fingerprint density at radius 3 is 0.556 bits per heavy atom. The van der Waals surface area contributed by atoms with E-state index in [0.29, 0.717) is 0 Å². The Labute approximate surface area is 167 Å². The van der Waals surface area contributed by atoms with Crippen molar-refractivity contribution in [1.29, 1.82) is 0 Å². The van der Waals surface area contributed by atoms with Crippen LogP contribution in [0.4, 0.5) is 18.6 Å². The molecule has 0 rings (SSSR count). The van der Waals surface area contributed by atoms with Gasteiger partial charge in [-0.25, -0.2) is 0 Å². The summed E-state index contributed by atoms with van der Waals surface area (Å²) in [6.07, 6.45) is 0. The predicted octanol–water partition coefficient (Wildman–Crippen LogP) is -3.47. The third kappa shape index (κ3) is 69.3. The molecular weight excluding hydrogens is 428 g/mol. The van der Waals surface area contributed by atoms with E-state index in [-0.39, 0.29) is 138 Å². The van der Waals surface area contributed by atoms with E-state index < -0.39 is 17.2 Å². The molecule has 0 saturated carbocycles. The van der Waals surface area contributed by atoms with Gasteiger partial charge in [0.15, 0.2) is 0 Å². The zero-order chi connectivity index (χ0) is 6.41. The van der Waals surface area contributed by atoms with Crippen molar-refractivity contribution in [2.24, 2.45) is 0 Å². The summed E-state index contributed by atoms with van der Waals surface area (Å²) >= 11 is -11.2. The fraction of sp³-hybridized carbons (Fsp3) is 0. The van der Waals surface area contributed by atoms with Gasteiger partial charge < -0.3 is 0 Å². The Balaban J connectivity index is -0.000000180. The van der Waals surface area contributed by atoms with E-state index in [4.69, 9.17) is 0 Å². The van der Waals surface area contributed by atoms with Crippen LogP contribution < -0.4 is 138 Å². The van der Waals surface area contributed by atoms with E-state index in [2.05, 4.69) is 0 Å². The molecule has 0 aliphatic rings. The zero-order valence-electron chi connectivity index (χ0n) is 4.77. The molecule has 0 atom stereocenters. The normalized spacial score (nSPS) is 18.0. The van der Waals surface area contributed by atoms with Crippen LogP contribution in [-0.4, -0.2) is 0 Å². The summed E-state index contributed by atoms with van der Waals surface area (Å²) in [6, 6.07) is 0. The second-order valence-electron chi connectivity index (χ2n) is 1.07. The van der Waals surface area contributed by atoms with Crippen LogP contribution in [0.1, 0.15) is 0 Å². The molecule has 0 radical (unpaired) electrons. The Bertz CT molecular complexity index is 69.6. The molecule has 0 spiro atoms. The Hall–Kier alpha value is 4.40. The molecule has 0 bridgehead atoms. The SMILES string of the molecule is [Cs+].[Cs+].[F][Ti-2]([F])([F])([F])([F])[F]. The fourth-order valence-corrected chi connectivity index (χ4v) is 0. The number of rotatable bonds is 0. The molecular formula is Cs2F6Ti. The zero-order valence-corrected chi connectivity index (χ0v) is 18.9. The first-order valence-electron chi connectivity index (χ1n) is 1.13. The maximum atomic E-state index is 9.92. The molecule has 9 heteroatoms. The van der Waals surface area contributed by atoms with Crippen molar-refractivity contribution in [1.82, 2.24) is 0 Å². The minimum atomic E-state index is -11.2. The summed E-state index contributed by atoms with van der Waals surface area (Å²) in [7, 11) is 0. The van der Waals surface area contributed by atoms with Crippen LogP contribution in [0, 0.1) is 0 Å². The molecule has 0 aromatic heterocycles. The molecule has 0 aliphatic carbocycles. The van der Waals surface area contributed by atoms with Crippen molar-refractivity contribution < 1.29 is 174 Å². The molecule has 0 nitrogen and oxygen atoms in total. The average Bonchev–Trinajstić information content (AvgIpc) is 0.592. The second-order valence-corrected chi connectivity index (χ2v) is 4.42. The van der Waals surface area contributed by atoms with E-state index >= 15 is 0 Å². The van der Waals surface area contributed by atoms with Gasteiger partial charge in [0.25, 0.3) is 0 Å². The Morgan fingerprint density at radius 2 is 0.556 bits per heavy atom. The topological polar surface area (TPSA) is 0 Å². The molecule has 0 aliphatic heterocycles. The van der Waals surface area contributed by atoms with Gasteiger partial charge in [-0.2, -0.15) is 0 Å². The number of hydrogen-bond acceptors (Lipinski definition) is 0. The van der Waals surface area contributed by atoms with E-state index in [9.17, 15) is 18.6 Å². The van der Waals surface area contributed by atoms with Gasteiger partial charge in [0.05, 0.1) is 0 Å². The first-order chi connectivity index (χ1) is 2.45. The third-order valence-electron chi connectivity index (χ3n) is 0. The minimum absolute atomic E-state index is 0. The van der Waals surface area contributed by atoms with Crippen LogP contribution >= 0.6 is 0 Å². The molecule has 48 valence electrons. The number of hydrogen-bond donors (Lipinski definition) is 0. The molecule has 0 fully saturated rings. The monoisotopic (exact) mass is 428 g/mol. The van der Waals surface area contributed by atoms with Gasteiger partial charge in [-0.05, 0) is 0 Å². The van der Waals surface area contributed by atoms with E-state index in [1.807, 2.05) is 0 Å². The summed E-state index contributed by atoms with van der Waals surface area (Å²) in [6.45, 7) is 0. The van der Waals surface area contributed by atoms with Crippen molar-refractivity contribution >= 4 is 0 Å². The summed E-state index contributed by atoms with van der Waals surface area (Å²) in [5.41, 5.74) is 0. The standard InChI is InChI=1S/2Cs.6FH.Ti/h;;6*1H;/q2*+1;;;;;;;+4/p-6. The van der Waals surface area contributed by atoms with Gasteiger partial charge in [-0.3, -0.25) is 0 Å². The third-order valence-corrected chi connectivity index (χ3v) is 0. The van der Waals surface area contributed by atoms with Gasteiger partial charge in [0.2, 0.25) is 0 Å². The molecule has 0 aromatic carbocycles. The van der Waals surface area contributed by atoms with Gasteiger partial charge in [-0.1, -0.05) is 0 Å². The van der Waals surface area contributed by atoms with Crippen LogP contribution in [0.15, 0.2) is 0 Å². The van der Waals surface area contributed by atoms with E-state index in [0.717, 1.165) is 0 Å². The molecule has 0 heterocycles. The van der Waals surface area contributed by atoms with E-state index in [1.54, 1.807) is 0 Å². The van der Waals surface area contributed by atoms with Gasteiger partial charge in [-0.15, -0.1) is 0 Å². The van der Waals surface area contributed by atoms with Crippen LogP contribution in [-0.2, 0) is 17.2 Å². The summed E-state index contributed by atoms with van der Waals surface area (Å²) in [5.74, 6) is 0. The molecule has 0 amide bonds. The van der Waals surface area contributed by atoms with Crippen LogP contribution in [0.25, 0.3) is 0 Å². The predicted molar refractivity (Wildman–Crippen MR) is 6.65 cm³/mol. The summed E-state index contributed by atoms with van der Waals surface area (Å²) in [5, 5.41) is 0. The van der Waals surface area contributed by atoms with Crippen molar-refractivity contribution in [2.75, 3.05) is 0 Å². The van der Waals surface area contributed by atoms with Crippen molar-refractivity contribution in [3.05, 3.63) is 0 Å². The molecule has 0 N–H and O–H groups in total.